The van der Waals surface area contributed by atoms with Gasteiger partial charge in [-0.05, 0) is 42.6 Å². The van der Waals surface area contributed by atoms with Gasteiger partial charge in [0.15, 0.2) is 0 Å². The van der Waals surface area contributed by atoms with E-state index in [0.29, 0.717) is 0 Å². The molecule has 1 aliphatic rings. The molecule has 19 heavy (non-hydrogen) atoms. The van der Waals surface area contributed by atoms with Crippen molar-refractivity contribution < 1.29 is 5.11 Å². The molecular weight excluding hydrogens is 234 g/mol. The van der Waals surface area contributed by atoms with Crippen molar-refractivity contribution >= 4 is 10.8 Å². The Bertz CT molecular complexity index is 571. The Kier molecular flexibility index (Phi) is 3.29. The summed E-state index contributed by atoms with van der Waals surface area (Å²) in [5.74, 6) is 0. The van der Waals surface area contributed by atoms with E-state index in [4.69, 9.17) is 0 Å². The van der Waals surface area contributed by atoms with Gasteiger partial charge in [0.2, 0.25) is 0 Å². The van der Waals surface area contributed by atoms with Crippen LogP contribution in [0.25, 0.3) is 10.8 Å². The fourth-order valence-electron chi connectivity index (χ4n) is 3.13. The minimum atomic E-state index is -0.525. The van der Waals surface area contributed by atoms with Gasteiger partial charge in [-0.15, -0.1) is 0 Å². The first kappa shape index (κ1) is 12.6. The Morgan fingerprint density at radius 1 is 1.16 bits per heavy atom. The van der Waals surface area contributed by atoms with Crippen LogP contribution in [0.5, 0.6) is 0 Å². The minimum absolute atomic E-state index is 0.525. The van der Waals surface area contributed by atoms with Gasteiger partial charge in [-0.2, -0.15) is 0 Å². The summed E-state index contributed by atoms with van der Waals surface area (Å²) in [5.41, 5.74) is 0.832. The highest BCUT2D eigenvalue weighted by Crippen LogP contribution is 2.24. The summed E-state index contributed by atoms with van der Waals surface area (Å²) < 4.78 is 0. The minimum Gasteiger partial charge on any atom is -0.389 e. The SMILES string of the molecule is CC1(O)CCCN(Cc2cccc3ccccc23)C1. The first-order valence-electron chi connectivity index (χ1n) is 7.05. The number of hydrogen-bond acceptors (Lipinski definition) is 2. The van der Waals surface area contributed by atoms with E-state index >= 15 is 0 Å². The molecule has 0 spiro atoms. The quantitative estimate of drug-likeness (QED) is 0.891. The molecule has 100 valence electrons. The largest absolute Gasteiger partial charge is 0.389 e. The van der Waals surface area contributed by atoms with Crippen molar-refractivity contribution in [1.82, 2.24) is 4.90 Å². The monoisotopic (exact) mass is 255 g/mol. The van der Waals surface area contributed by atoms with Crippen molar-refractivity contribution in [3.05, 3.63) is 48.0 Å². The molecule has 0 aliphatic carbocycles. The molecule has 1 heterocycles. The van der Waals surface area contributed by atoms with Gasteiger partial charge >= 0.3 is 0 Å². The highest BCUT2D eigenvalue weighted by molar-refractivity contribution is 5.85. The van der Waals surface area contributed by atoms with Crippen molar-refractivity contribution in [3.8, 4) is 0 Å². The predicted octanol–water partition coefficient (Wildman–Crippen LogP) is 3.19. The van der Waals surface area contributed by atoms with Crippen molar-refractivity contribution in [1.29, 1.82) is 0 Å². The first-order chi connectivity index (χ1) is 9.14. The van der Waals surface area contributed by atoms with E-state index in [-0.39, 0.29) is 0 Å². The molecule has 0 amide bonds. The number of rotatable bonds is 2. The normalized spacial score (nSPS) is 24.7. The zero-order chi connectivity index (χ0) is 13.3. The Balaban J connectivity index is 1.85. The lowest BCUT2D eigenvalue weighted by Crippen LogP contribution is -2.45. The van der Waals surface area contributed by atoms with Crippen LogP contribution in [0.4, 0.5) is 0 Å². The Morgan fingerprint density at radius 3 is 2.79 bits per heavy atom. The van der Waals surface area contributed by atoms with Crippen LogP contribution in [0.2, 0.25) is 0 Å². The number of piperidine rings is 1. The van der Waals surface area contributed by atoms with Crippen molar-refractivity contribution in [2.75, 3.05) is 13.1 Å². The third kappa shape index (κ3) is 2.80. The highest BCUT2D eigenvalue weighted by atomic mass is 16.3. The van der Waals surface area contributed by atoms with Gasteiger partial charge in [-0.3, -0.25) is 4.90 Å². The summed E-state index contributed by atoms with van der Waals surface area (Å²) >= 11 is 0. The standard InChI is InChI=1S/C17H21NO/c1-17(19)10-5-11-18(13-17)12-15-8-4-7-14-6-2-3-9-16(14)15/h2-4,6-9,19H,5,10-13H2,1H3. The van der Waals surface area contributed by atoms with Gasteiger partial charge < -0.3 is 5.11 Å². The van der Waals surface area contributed by atoms with E-state index in [1.807, 2.05) is 6.92 Å². The van der Waals surface area contributed by atoms with Crippen LogP contribution >= 0.6 is 0 Å². The molecule has 0 radical (unpaired) electrons. The number of benzene rings is 2. The van der Waals surface area contributed by atoms with Gasteiger partial charge in [0.1, 0.15) is 0 Å². The second-order valence-electron chi connectivity index (χ2n) is 5.95. The topological polar surface area (TPSA) is 23.5 Å². The lowest BCUT2D eigenvalue weighted by molar-refractivity contribution is -0.0180. The van der Waals surface area contributed by atoms with Crippen LogP contribution in [0.3, 0.4) is 0 Å². The zero-order valence-electron chi connectivity index (χ0n) is 11.5. The molecule has 0 bridgehead atoms. The predicted molar refractivity (Wildman–Crippen MR) is 79.1 cm³/mol. The maximum absolute atomic E-state index is 10.2. The van der Waals surface area contributed by atoms with Crippen LogP contribution in [0.15, 0.2) is 42.5 Å². The molecule has 0 aromatic heterocycles. The number of nitrogens with zero attached hydrogens (tertiary/aromatic N) is 1. The molecule has 2 nitrogen and oxygen atoms in total. The lowest BCUT2D eigenvalue weighted by Gasteiger charge is -2.37. The van der Waals surface area contributed by atoms with Crippen molar-refractivity contribution in [2.24, 2.45) is 0 Å². The van der Waals surface area contributed by atoms with E-state index in [2.05, 4.69) is 47.4 Å². The van der Waals surface area contributed by atoms with Gasteiger partial charge in [0.05, 0.1) is 5.60 Å². The molecule has 1 aliphatic heterocycles. The summed E-state index contributed by atoms with van der Waals surface area (Å²) in [6.07, 6.45) is 2.00. The van der Waals surface area contributed by atoms with Gasteiger partial charge in [-0.25, -0.2) is 0 Å². The average Bonchev–Trinajstić information content (AvgIpc) is 2.38. The molecule has 0 saturated carbocycles. The number of β-amino-alcohol motifs (C(OH)–C–C–N with tert-alkyl or cyclic N) is 1. The molecule has 1 saturated heterocycles. The average molecular weight is 255 g/mol. The van der Waals surface area contributed by atoms with Crippen LogP contribution < -0.4 is 0 Å². The molecule has 2 heteroatoms. The van der Waals surface area contributed by atoms with Gasteiger partial charge in [0.25, 0.3) is 0 Å². The second-order valence-corrected chi connectivity index (χ2v) is 5.95. The third-order valence-electron chi connectivity index (χ3n) is 4.03. The molecular formula is C17H21NO. The van der Waals surface area contributed by atoms with Crippen LogP contribution in [-0.4, -0.2) is 28.7 Å². The summed E-state index contributed by atoms with van der Waals surface area (Å²) in [5, 5.41) is 12.8. The van der Waals surface area contributed by atoms with Crippen molar-refractivity contribution in [3.63, 3.8) is 0 Å². The van der Waals surface area contributed by atoms with Crippen molar-refractivity contribution in [2.45, 2.75) is 31.9 Å². The van der Waals surface area contributed by atoms with Gasteiger partial charge in [0, 0.05) is 13.1 Å². The summed E-state index contributed by atoms with van der Waals surface area (Å²) in [6, 6.07) is 15.0. The van der Waals surface area contributed by atoms with Crippen LogP contribution in [-0.2, 0) is 6.54 Å². The molecule has 1 atom stereocenters. The van der Waals surface area contributed by atoms with E-state index in [0.717, 1.165) is 32.5 Å². The number of aliphatic hydroxyl groups is 1. The zero-order valence-corrected chi connectivity index (χ0v) is 11.5. The molecule has 1 unspecified atom stereocenters. The molecule has 1 N–H and O–H groups in total. The summed E-state index contributed by atoms with van der Waals surface area (Å²) in [6.45, 7) is 4.73. The maximum atomic E-state index is 10.2. The Hall–Kier alpha value is -1.38. The molecule has 3 rings (SSSR count). The third-order valence-corrected chi connectivity index (χ3v) is 4.03. The smallest absolute Gasteiger partial charge is 0.0746 e. The summed E-state index contributed by atoms with van der Waals surface area (Å²) in [7, 11) is 0. The first-order valence-corrected chi connectivity index (χ1v) is 7.05. The highest BCUT2D eigenvalue weighted by Gasteiger charge is 2.28. The van der Waals surface area contributed by atoms with Crippen LogP contribution in [0, 0.1) is 0 Å². The summed E-state index contributed by atoms with van der Waals surface area (Å²) in [4.78, 5) is 2.37. The Morgan fingerprint density at radius 2 is 1.95 bits per heavy atom. The van der Waals surface area contributed by atoms with Gasteiger partial charge in [-0.1, -0.05) is 42.5 Å². The maximum Gasteiger partial charge on any atom is 0.0746 e. The fourth-order valence-corrected chi connectivity index (χ4v) is 3.13. The number of likely N-dealkylation sites (tertiary alicyclic amines) is 1. The molecule has 2 aromatic rings. The van der Waals surface area contributed by atoms with E-state index < -0.39 is 5.60 Å². The molecule has 2 aromatic carbocycles. The van der Waals surface area contributed by atoms with Crippen LogP contribution in [0.1, 0.15) is 25.3 Å². The molecule has 1 fully saturated rings. The van der Waals surface area contributed by atoms with E-state index in [1.54, 1.807) is 0 Å². The van der Waals surface area contributed by atoms with E-state index in [1.165, 1.54) is 16.3 Å². The Labute approximate surface area is 114 Å². The lowest BCUT2D eigenvalue weighted by atomic mass is 9.94. The number of hydrogen-bond donors (Lipinski definition) is 1. The second kappa shape index (κ2) is 4.95. The van der Waals surface area contributed by atoms with E-state index in [9.17, 15) is 5.11 Å². The fraction of sp³-hybridized carbons (Fsp3) is 0.412. The number of fused-ring (bicyclic) bond motifs is 1.